The van der Waals surface area contributed by atoms with Gasteiger partial charge in [0.2, 0.25) is 5.91 Å². The molecule has 3 rings (SSSR count). The predicted molar refractivity (Wildman–Crippen MR) is 98.1 cm³/mol. The second-order valence-corrected chi connectivity index (χ2v) is 6.67. The monoisotopic (exact) mass is 403 g/mol. The molecule has 0 aliphatic rings. The highest BCUT2D eigenvalue weighted by atomic mass is 79.9. The highest BCUT2D eigenvalue weighted by molar-refractivity contribution is 9.10. The number of para-hydroxylation sites is 1. The fourth-order valence-corrected chi connectivity index (χ4v) is 3.51. The molecule has 0 bridgehead atoms. The average molecular weight is 404 g/mol. The van der Waals surface area contributed by atoms with Crippen LogP contribution in [0.15, 0.2) is 53.0 Å². The van der Waals surface area contributed by atoms with E-state index in [1.165, 1.54) is 35.6 Å². The van der Waals surface area contributed by atoms with E-state index in [1.54, 1.807) is 12.1 Å². The van der Waals surface area contributed by atoms with Crippen LogP contribution in [0.5, 0.6) is 0 Å². The summed E-state index contributed by atoms with van der Waals surface area (Å²) in [6, 6.07) is 11.8. The Labute approximate surface area is 149 Å². The molecule has 3 aromatic rings. The number of nitrogens with zero attached hydrogens (tertiary/aromatic N) is 2. The molecule has 8 heteroatoms. The van der Waals surface area contributed by atoms with Crippen LogP contribution < -0.4 is 5.32 Å². The van der Waals surface area contributed by atoms with Gasteiger partial charge in [0.05, 0.1) is 15.1 Å². The Morgan fingerprint density at radius 2 is 2.08 bits per heavy atom. The number of halogens is 1. The summed E-state index contributed by atoms with van der Waals surface area (Å²) in [7, 11) is 0. The molecule has 1 amide bonds. The number of benzene rings is 2. The van der Waals surface area contributed by atoms with E-state index in [9.17, 15) is 14.9 Å². The van der Waals surface area contributed by atoms with E-state index in [-0.39, 0.29) is 11.6 Å². The maximum Gasteiger partial charge on any atom is 0.270 e. The van der Waals surface area contributed by atoms with E-state index in [0.717, 1.165) is 14.7 Å². The summed E-state index contributed by atoms with van der Waals surface area (Å²) in [4.78, 5) is 26.6. The third-order valence-corrected chi connectivity index (χ3v) is 4.68. The van der Waals surface area contributed by atoms with Gasteiger partial charge in [-0.05, 0) is 39.7 Å². The minimum Gasteiger partial charge on any atom is -0.298 e. The van der Waals surface area contributed by atoms with Crippen LogP contribution in [0.4, 0.5) is 10.8 Å². The number of fused-ring (bicyclic) bond motifs is 1. The number of hydrogen-bond acceptors (Lipinski definition) is 5. The molecule has 0 spiro atoms. The molecule has 1 aromatic heterocycles. The van der Waals surface area contributed by atoms with Crippen LogP contribution in [-0.2, 0) is 4.79 Å². The first-order valence-electron chi connectivity index (χ1n) is 6.81. The number of non-ortho nitro benzene ring substituents is 1. The number of aromatic nitrogens is 1. The van der Waals surface area contributed by atoms with Crippen LogP contribution in [0.2, 0.25) is 0 Å². The first-order chi connectivity index (χ1) is 11.5. The SMILES string of the molecule is O=C(/C=C/c1cccc([N+](=O)[O-])c1)Nc1nc2c(Br)cccc2s1. The van der Waals surface area contributed by atoms with Gasteiger partial charge in [0.1, 0.15) is 0 Å². The first kappa shape index (κ1) is 16.3. The van der Waals surface area contributed by atoms with Crippen LogP contribution in [0.25, 0.3) is 16.3 Å². The molecule has 24 heavy (non-hydrogen) atoms. The summed E-state index contributed by atoms with van der Waals surface area (Å²) in [5.41, 5.74) is 1.35. The quantitative estimate of drug-likeness (QED) is 0.391. The Kier molecular flexibility index (Phi) is 4.68. The van der Waals surface area contributed by atoms with E-state index in [2.05, 4.69) is 26.2 Å². The standard InChI is InChI=1S/C16H10BrN3O3S/c17-12-5-2-6-13-15(12)19-16(24-13)18-14(21)8-7-10-3-1-4-11(9-10)20(22)23/h1-9H,(H,18,19,21)/b8-7+. The summed E-state index contributed by atoms with van der Waals surface area (Å²) in [6.45, 7) is 0. The van der Waals surface area contributed by atoms with Crippen molar-refractivity contribution in [2.75, 3.05) is 5.32 Å². The third-order valence-electron chi connectivity index (χ3n) is 3.11. The molecule has 0 aliphatic heterocycles. The molecule has 1 N–H and O–H groups in total. The molecular formula is C16H10BrN3O3S. The zero-order chi connectivity index (χ0) is 17.1. The van der Waals surface area contributed by atoms with Crippen LogP contribution in [0, 0.1) is 10.1 Å². The summed E-state index contributed by atoms with van der Waals surface area (Å²) in [5.74, 6) is -0.350. The molecule has 0 saturated carbocycles. The van der Waals surface area contributed by atoms with Gasteiger partial charge in [-0.3, -0.25) is 20.2 Å². The van der Waals surface area contributed by atoms with Crippen LogP contribution in [0.1, 0.15) is 5.56 Å². The number of amides is 1. The van der Waals surface area contributed by atoms with Gasteiger partial charge in [0, 0.05) is 22.7 Å². The van der Waals surface area contributed by atoms with Gasteiger partial charge in [-0.15, -0.1) is 0 Å². The first-order valence-corrected chi connectivity index (χ1v) is 8.42. The number of nitro benzene ring substituents is 1. The summed E-state index contributed by atoms with van der Waals surface area (Å²) in [6.07, 6.45) is 2.84. The van der Waals surface area contributed by atoms with E-state index in [0.29, 0.717) is 10.7 Å². The molecule has 0 fully saturated rings. The Hall–Kier alpha value is -2.58. The maximum absolute atomic E-state index is 12.0. The number of anilines is 1. The second kappa shape index (κ2) is 6.90. The Morgan fingerprint density at radius 3 is 2.83 bits per heavy atom. The van der Waals surface area contributed by atoms with Crippen molar-refractivity contribution in [3.63, 3.8) is 0 Å². The zero-order valence-corrected chi connectivity index (χ0v) is 14.5. The fraction of sp³-hybridized carbons (Fsp3) is 0. The summed E-state index contributed by atoms with van der Waals surface area (Å²) in [5, 5.41) is 13.9. The predicted octanol–water partition coefficient (Wildman–Crippen LogP) is 4.62. The lowest BCUT2D eigenvalue weighted by atomic mass is 10.2. The Balaban J connectivity index is 1.73. The molecular weight excluding hydrogens is 394 g/mol. The molecule has 0 atom stereocenters. The Bertz CT molecular complexity index is 968. The normalized spacial score (nSPS) is 11.0. The van der Waals surface area contributed by atoms with Crippen molar-refractivity contribution in [2.45, 2.75) is 0 Å². The smallest absolute Gasteiger partial charge is 0.270 e. The van der Waals surface area contributed by atoms with Crippen molar-refractivity contribution in [3.05, 3.63) is 68.7 Å². The minimum atomic E-state index is -0.476. The number of nitrogens with one attached hydrogen (secondary N) is 1. The minimum absolute atomic E-state index is 0.0198. The lowest BCUT2D eigenvalue weighted by Crippen LogP contribution is -2.07. The number of hydrogen-bond donors (Lipinski definition) is 1. The highest BCUT2D eigenvalue weighted by Crippen LogP contribution is 2.30. The van der Waals surface area contributed by atoms with Gasteiger partial charge in [-0.2, -0.15) is 0 Å². The molecule has 6 nitrogen and oxygen atoms in total. The van der Waals surface area contributed by atoms with Crippen molar-refractivity contribution in [3.8, 4) is 0 Å². The lowest BCUT2D eigenvalue weighted by Gasteiger charge is -1.96. The lowest BCUT2D eigenvalue weighted by molar-refractivity contribution is -0.384. The average Bonchev–Trinajstić information content (AvgIpc) is 2.97. The molecule has 0 radical (unpaired) electrons. The van der Waals surface area contributed by atoms with E-state index >= 15 is 0 Å². The fourth-order valence-electron chi connectivity index (χ4n) is 2.03. The van der Waals surface area contributed by atoms with E-state index in [1.807, 2.05) is 18.2 Å². The number of rotatable bonds is 4. The van der Waals surface area contributed by atoms with Crippen LogP contribution in [0.3, 0.4) is 0 Å². The van der Waals surface area contributed by atoms with E-state index < -0.39 is 4.92 Å². The van der Waals surface area contributed by atoms with Gasteiger partial charge in [0.15, 0.2) is 5.13 Å². The van der Waals surface area contributed by atoms with E-state index in [4.69, 9.17) is 0 Å². The number of carbonyl (C=O) groups is 1. The van der Waals surface area contributed by atoms with Crippen LogP contribution >= 0.6 is 27.3 Å². The molecule has 2 aromatic carbocycles. The third kappa shape index (κ3) is 3.66. The van der Waals surface area contributed by atoms with Crippen molar-refractivity contribution in [1.82, 2.24) is 4.98 Å². The highest BCUT2D eigenvalue weighted by Gasteiger charge is 2.08. The van der Waals surface area contributed by atoms with Crippen molar-refractivity contribution >= 4 is 60.3 Å². The topological polar surface area (TPSA) is 85.1 Å². The number of thiazole rings is 1. The van der Waals surface area contributed by atoms with Gasteiger partial charge in [-0.25, -0.2) is 4.98 Å². The van der Waals surface area contributed by atoms with Crippen molar-refractivity contribution < 1.29 is 9.72 Å². The zero-order valence-electron chi connectivity index (χ0n) is 12.1. The molecule has 0 unspecified atom stereocenters. The molecule has 120 valence electrons. The second-order valence-electron chi connectivity index (χ2n) is 4.78. The summed E-state index contributed by atoms with van der Waals surface area (Å²) < 4.78 is 1.83. The van der Waals surface area contributed by atoms with Crippen molar-refractivity contribution in [2.24, 2.45) is 0 Å². The maximum atomic E-state index is 12.0. The van der Waals surface area contributed by atoms with Gasteiger partial charge in [-0.1, -0.05) is 29.5 Å². The summed E-state index contributed by atoms with van der Waals surface area (Å²) >= 11 is 4.79. The van der Waals surface area contributed by atoms with Gasteiger partial charge >= 0.3 is 0 Å². The molecule has 0 saturated heterocycles. The number of carbonyl (C=O) groups excluding carboxylic acids is 1. The Morgan fingerprint density at radius 1 is 1.29 bits per heavy atom. The van der Waals surface area contributed by atoms with Crippen LogP contribution in [-0.4, -0.2) is 15.8 Å². The van der Waals surface area contributed by atoms with Gasteiger partial charge < -0.3 is 0 Å². The van der Waals surface area contributed by atoms with Crippen molar-refractivity contribution in [1.29, 1.82) is 0 Å². The molecule has 0 aliphatic carbocycles. The number of nitro groups is 1. The molecule has 1 heterocycles. The van der Waals surface area contributed by atoms with Gasteiger partial charge in [0.25, 0.3) is 5.69 Å². The largest absolute Gasteiger partial charge is 0.298 e.